The van der Waals surface area contributed by atoms with E-state index in [4.69, 9.17) is 4.74 Å². The molecule has 140 valence electrons. The molecule has 0 spiro atoms. The lowest BCUT2D eigenvalue weighted by molar-refractivity contribution is -0.140. The van der Waals surface area contributed by atoms with Crippen LogP contribution < -0.4 is 9.47 Å². The maximum Gasteiger partial charge on any atom is 0.388 e. The van der Waals surface area contributed by atoms with Crippen molar-refractivity contribution in [2.45, 2.75) is 71.3 Å². The first-order valence-corrected chi connectivity index (χ1v) is 9.21. The Morgan fingerprint density at radius 2 is 1.96 bits per heavy atom. The quantitative estimate of drug-likeness (QED) is 0.442. The molecule has 0 amide bonds. The Morgan fingerprint density at radius 3 is 2.56 bits per heavy atom. The van der Waals surface area contributed by atoms with E-state index in [0.29, 0.717) is 0 Å². The van der Waals surface area contributed by atoms with Gasteiger partial charge in [0.15, 0.2) is 0 Å². The van der Waals surface area contributed by atoms with Crippen LogP contribution in [0, 0.1) is 11.8 Å². The SMILES string of the molecule is CCCCCCC1CCC(C(=O)Oc2ccc(OC(F)F)nc2)CC1. The van der Waals surface area contributed by atoms with Crippen LogP contribution in [0.4, 0.5) is 8.78 Å². The molecule has 1 fully saturated rings. The number of ether oxygens (including phenoxy) is 2. The van der Waals surface area contributed by atoms with Gasteiger partial charge in [0.2, 0.25) is 5.88 Å². The van der Waals surface area contributed by atoms with E-state index < -0.39 is 6.61 Å². The van der Waals surface area contributed by atoms with Crippen molar-refractivity contribution in [3.63, 3.8) is 0 Å². The first-order valence-electron chi connectivity index (χ1n) is 9.21. The van der Waals surface area contributed by atoms with Crippen LogP contribution in [0.15, 0.2) is 18.3 Å². The molecule has 0 radical (unpaired) electrons. The van der Waals surface area contributed by atoms with Crippen LogP contribution in [0.1, 0.15) is 64.7 Å². The molecule has 6 heteroatoms. The molecule has 0 aliphatic heterocycles. The van der Waals surface area contributed by atoms with Crippen LogP contribution >= 0.6 is 0 Å². The number of esters is 1. The summed E-state index contributed by atoms with van der Waals surface area (Å²) in [4.78, 5) is 15.9. The summed E-state index contributed by atoms with van der Waals surface area (Å²) in [6, 6.07) is 2.68. The number of hydrogen-bond donors (Lipinski definition) is 0. The highest BCUT2D eigenvalue weighted by atomic mass is 19.3. The zero-order valence-corrected chi connectivity index (χ0v) is 14.8. The average Bonchev–Trinajstić information content (AvgIpc) is 2.60. The van der Waals surface area contributed by atoms with Crippen molar-refractivity contribution in [1.29, 1.82) is 0 Å². The van der Waals surface area contributed by atoms with Gasteiger partial charge in [-0.2, -0.15) is 8.78 Å². The molecule has 1 aliphatic rings. The highest BCUT2D eigenvalue weighted by Gasteiger charge is 2.27. The van der Waals surface area contributed by atoms with Gasteiger partial charge in [-0.3, -0.25) is 4.79 Å². The van der Waals surface area contributed by atoms with Gasteiger partial charge >= 0.3 is 12.6 Å². The fraction of sp³-hybridized carbons (Fsp3) is 0.684. The Morgan fingerprint density at radius 1 is 1.20 bits per heavy atom. The van der Waals surface area contributed by atoms with Gasteiger partial charge in [-0.1, -0.05) is 39.0 Å². The summed E-state index contributed by atoms with van der Waals surface area (Å²) in [5.41, 5.74) is 0. The number of nitrogens with zero attached hydrogens (tertiary/aromatic N) is 1. The Balaban J connectivity index is 1.71. The molecular weight excluding hydrogens is 328 g/mol. The van der Waals surface area contributed by atoms with Crippen LogP contribution in [0.5, 0.6) is 11.6 Å². The Labute approximate surface area is 147 Å². The van der Waals surface area contributed by atoms with E-state index in [1.807, 2.05) is 0 Å². The molecule has 0 saturated heterocycles. The lowest BCUT2D eigenvalue weighted by Gasteiger charge is -2.27. The van der Waals surface area contributed by atoms with Crippen LogP contribution in [0.2, 0.25) is 0 Å². The van der Waals surface area contributed by atoms with E-state index in [0.717, 1.165) is 31.6 Å². The first kappa shape index (κ1) is 19.6. The summed E-state index contributed by atoms with van der Waals surface area (Å²) < 4.78 is 33.6. The van der Waals surface area contributed by atoms with Gasteiger partial charge in [-0.05, 0) is 37.7 Å². The van der Waals surface area contributed by atoms with Crippen molar-refractivity contribution < 1.29 is 23.0 Å². The number of rotatable bonds is 9. The second-order valence-corrected chi connectivity index (χ2v) is 6.70. The topological polar surface area (TPSA) is 48.4 Å². The van der Waals surface area contributed by atoms with Gasteiger partial charge < -0.3 is 9.47 Å². The molecule has 1 aromatic rings. The second kappa shape index (κ2) is 10.3. The van der Waals surface area contributed by atoms with Gasteiger partial charge in [-0.25, -0.2) is 4.98 Å². The number of unbranched alkanes of at least 4 members (excludes halogenated alkanes) is 3. The minimum Gasteiger partial charge on any atom is -0.425 e. The maximum absolute atomic E-state index is 12.2. The molecule has 1 aromatic heterocycles. The van der Waals surface area contributed by atoms with Crippen LogP contribution in [0.25, 0.3) is 0 Å². The monoisotopic (exact) mass is 355 g/mol. The Bertz CT molecular complexity index is 514. The summed E-state index contributed by atoms with van der Waals surface area (Å²) in [5, 5.41) is 0. The summed E-state index contributed by atoms with van der Waals surface area (Å²) in [7, 11) is 0. The molecule has 25 heavy (non-hydrogen) atoms. The largest absolute Gasteiger partial charge is 0.425 e. The zero-order chi connectivity index (χ0) is 18.1. The number of aromatic nitrogens is 1. The third-order valence-corrected chi connectivity index (χ3v) is 4.78. The number of pyridine rings is 1. The summed E-state index contributed by atoms with van der Waals surface area (Å²) >= 11 is 0. The van der Waals surface area contributed by atoms with Gasteiger partial charge in [0, 0.05) is 6.07 Å². The number of carbonyl (C=O) groups excluding carboxylic acids is 1. The second-order valence-electron chi connectivity index (χ2n) is 6.70. The molecule has 1 heterocycles. The minimum absolute atomic E-state index is 0.0797. The van der Waals surface area contributed by atoms with Crippen molar-refractivity contribution in [3.8, 4) is 11.6 Å². The molecular formula is C19H27F2NO3. The molecule has 1 saturated carbocycles. The first-order chi connectivity index (χ1) is 12.1. The molecule has 0 N–H and O–H groups in total. The maximum atomic E-state index is 12.2. The Hall–Kier alpha value is -1.72. The van der Waals surface area contributed by atoms with E-state index in [1.165, 1.54) is 50.4 Å². The van der Waals surface area contributed by atoms with Crippen molar-refractivity contribution in [2.75, 3.05) is 0 Å². The van der Waals surface area contributed by atoms with Gasteiger partial charge in [-0.15, -0.1) is 0 Å². The fourth-order valence-electron chi connectivity index (χ4n) is 3.33. The van der Waals surface area contributed by atoms with Crippen molar-refractivity contribution in [3.05, 3.63) is 18.3 Å². The lowest BCUT2D eigenvalue weighted by Crippen LogP contribution is -2.25. The standard InChI is InChI=1S/C19H27F2NO3/c1-2-3-4-5-6-14-7-9-15(10-8-14)18(23)24-16-11-12-17(22-13-16)25-19(20)21/h11-15,19H,2-10H2,1H3. The van der Waals surface area contributed by atoms with Crippen molar-refractivity contribution in [1.82, 2.24) is 4.98 Å². The van der Waals surface area contributed by atoms with Crippen molar-refractivity contribution >= 4 is 5.97 Å². The molecule has 1 aliphatic carbocycles. The van der Waals surface area contributed by atoms with Crippen molar-refractivity contribution in [2.24, 2.45) is 11.8 Å². The number of alkyl halides is 2. The van der Waals surface area contributed by atoms with Gasteiger partial charge in [0.05, 0.1) is 12.1 Å². The average molecular weight is 355 g/mol. The minimum atomic E-state index is -2.92. The van der Waals surface area contributed by atoms with E-state index in [9.17, 15) is 13.6 Å². The zero-order valence-electron chi connectivity index (χ0n) is 14.8. The highest BCUT2D eigenvalue weighted by Crippen LogP contribution is 2.33. The van der Waals surface area contributed by atoms with Crippen LogP contribution in [-0.4, -0.2) is 17.6 Å². The van der Waals surface area contributed by atoms with Crippen LogP contribution in [0.3, 0.4) is 0 Å². The molecule has 0 bridgehead atoms. The predicted octanol–water partition coefficient (Wildman–Crippen LogP) is 5.37. The van der Waals surface area contributed by atoms with E-state index in [-0.39, 0.29) is 23.5 Å². The van der Waals surface area contributed by atoms with Crippen LogP contribution in [-0.2, 0) is 4.79 Å². The molecule has 0 unspecified atom stereocenters. The normalized spacial score (nSPS) is 20.5. The summed E-state index contributed by atoms with van der Waals surface area (Å²) in [6.45, 7) is -0.704. The number of hydrogen-bond acceptors (Lipinski definition) is 4. The van der Waals surface area contributed by atoms with E-state index in [2.05, 4.69) is 16.6 Å². The molecule has 4 nitrogen and oxygen atoms in total. The predicted molar refractivity (Wildman–Crippen MR) is 90.7 cm³/mol. The Kier molecular flexibility index (Phi) is 8.09. The highest BCUT2D eigenvalue weighted by molar-refractivity contribution is 5.75. The van der Waals surface area contributed by atoms with Gasteiger partial charge in [0.1, 0.15) is 5.75 Å². The number of carbonyl (C=O) groups is 1. The third kappa shape index (κ3) is 6.96. The number of halogens is 2. The smallest absolute Gasteiger partial charge is 0.388 e. The van der Waals surface area contributed by atoms with Gasteiger partial charge in [0.25, 0.3) is 0 Å². The molecule has 2 rings (SSSR count). The lowest BCUT2D eigenvalue weighted by atomic mass is 9.80. The summed E-state index contributed by atoms with van der Waals surface area (Å²) in [5.74, 6) is 0.456. The molecule has 0 aromatic carbocycles. The van der Waals surface area contributed by atoms with E-state index >= 15 is 0 Å². The fourth-order valence-corrected chi connectivity index (χ4v) is 3.33. The third-order valence-electron chi connectivity index (χ3n) is 4.78. The summed E-state index contributed by atoms with van der Waals surface area (Å²) in [6.07, 6.45) is 11.5. The van der Waals surface area contributed by atoms with E-state index in [1.54, 1.807) is 0 Å². The molecule has 0 atom stereocenters.